The van der Waals surface area contributed by atoms with E-state index in [1.165, 1.54) is 0 Å². The molecule has 2 aromatic rings. The van der Waals surface area contributed by atoms with Crippen molar-refractivity contribution in [2.24, 2.45) is 5.92 Å². The third-order valence-corrected chi connectivity index (χ3v) is 4.19. The fourth-order valence-electron chi connectivity index (χ4n) is 2.75. The van der Waals surface area contributed by atoms with Crippen LogP contribution in [-0.2, 0) is 11.3 Å². The molecule has 1 aliphatic rings. The van der Waals surface area contributed by atoms with Crippen LogP contribution in [0.15, 0.2) is 28.8 Å². The average molecular weight is 335 g/mol. The summed E-state index contributed by atoms with van der Waals surface area (Å²) in [6, 6.07) is 7.61. The van der Waals surface area contributed by atoms with Crippen LogP contribution in [0.3, 0.4) is 0 Å². The predicted octanol–water partition coefficient (Wildman–Crippen LogP) is 2.39. The second-order valence-electron chi connectivity index (χ2n) is 5.82. The van der Waals surface area contributed by atoms with Crippen molar-refractivity contribution in [2.45, 2.75) is 32.4 Å². The van der Waals surface area contributed by atoms with Gasteiger partial charge < -0.3 is 15.2 Å². The predicted molar refractivity (Wildman–Crippen MR) is 86.8 cm³/mol. The van der Waals surface area contributed by atoms with Crippen LogP contribution in [-0.4, -0.2) is 28.6 Å². The number of piperidine rings is 1. The summed E-state index contributed by atoms with van der Waals surface area (Å²) in [6.45, 7) is 3.21. The average Bonchev–Trinajstić information content (AvgIpc) is 3.01. The van der Waals surface area contributed by atoms with Gasteiger partial charge in [0, 0.05) is 22.5 Å². The van der Waals surface area contributed by atoms with Gasteiger partial charge >= 0.3 is 0 Å². The molecule has 3 rings (SSSR count). The molecule has 0 aliphatic carbocycles. The fourth-order valence-corrected chi connectivity index (χ4v) is 2.94. The third kappa shape index (κ3) is 4.09. The summed E-state index contributed by atoms with van der Waals surface area (Å²) in [5.41, 5.74) is 0.783. The van der Waals surface area contributed by atoms with Crippen molar-refractivity contribution in [3.8, 4) is 11.4 Å². The number of nitrogens with zero attached hydrogens (tertiary/aromatic N) is 2. The number of halogens is 1. The van der Waals surface area contributed by atoms with E-state index in [9.17, 15) is 4.79 Å². The zero-order chi connectivity index (χ0) is 16.2. The summed E-state index contributed by atoms with van der Waals surface area (Å²) < 4.78 is 5.19. The van der Waals surface area contributed by atoms with Gasteiger partial charge in [0.05, 0.1) is 6.54 Å². The molecule has 1 aromatic carbocycles. The highest BCUT2D eigenvalue weighted by Crippen LogP contribution is 2.20. The molecule has 2 atom stereocenters. The number of nitrogens with one attached hydrogen (secondary N) is 2. The van der Waals surface area contributed by atoms with Crippen molar-refractivity contribution >= 4 is 17.5 Å². The van der Waals surface area contributed by atoms with Crippen LogP contribution in [0.2, 0.25) is 5.02 Å². The van der Waals surface area contributed by atoms with Gasteiger partial charge in [-0.2, -0.15) is 4.98 Å². The minimum Gasteiger partial charge on any atom is -0.347 e. The number of rotatable bonds is 4. The first-order valence-corrected chi connectivity index (χ1v) is 8.09. The van der Waals surface area contributed by atoms with E-state index in [0.717, 1.165) is 24.9 Å². The van der Waals surface area contributed by atoms with E-state index in [0.29, 0.717) is 22.8 Å². The largest absolute Gasteiger partial charge is 0.347 e. The Morgan fingerprint density at radius 3 is 3.17 bits per heavy atom. The fraction of sp³-hybridized carbons (Fsp3) is 0.438. The molecule has 2 heterocycles. The van der Waals surface area contributed by atoms with Gasteiger partial charge in [-0.3, -0.25) is 4.79 Å². The molecule has 6 nitrogen and oxygen atoms in total. The van der Waals surface area contributed by atoms with Gasteiger partial charge in [0.2, 0.25) is 17.6 Å². The molecule has 1 amide bonds. The standard InChI is InChI=1S/C16H19ClN4O2/c1-10-7-12(5-6-18-10)16(22)19-9-14-20-15(21-23-14)11-3-2-4-13(17)8-11/h2-4,8,10,12,18H,5-7,9H2,1H3,(H,19,22)/t10-,12-/m0/s1. The maximum absolute atomic E-state index is 12.2. The van der Waals surface area contributed by atoms with Gasteiger partial charge in [-0.25, -0.2) is 0 Å². The van der Waals surface area contributed by atoms with Crippen LogP contribution in [0, 0.1) is 5.92 Å². The van der Waals surface area contributed by atoms with Gasteiger partial charge in [0.1, 0.15) is 0 Å². The lowest BCUT2D eigenvalue weighted by atomic mass is 9.92. The second-order valence-corrected chi connectivity index (χ2v) is 6.25. The van der Waals surface area contributed by atoms with Crippen LogP contribution >= 0.6 is 11.6 Å². The third-order valence-electron chi connectivity index (χ3n) is 3.96. The highest BCUT2D eigenvalue weighted by Gasteiger charge is 2.24. The van der Waals surface area contributed by atoms with Crippen molar-refractivity contribution < 1.29 is 9.32 Å². The summed E-state index contributed by atoms with van der Waals surface area (Å²) in [4.78, 5) is 16.5. The summed E-state index contributed by atoms with van der Waals surface area (Å²) in [5, 5.41) is 10.7. The van der Waals surface area contributed by atoms with Crippen molar-refractivity contribution in [3.63, 3.8) is 0 Å². The number of carbonyl (C=O) groups is 1. The maximum Gasteiger partial charge on any atom is 0.246 e. The monoisotopic (exact) mass is 334 g/mol. The van der Waals surface area contributed by atoms with Crippen LogP contribution in [0.5, 0.6) is 0 Å². The first kappa shape index (κ1) is 16.0. The summed E-state index contributed by atoms with van der Waals surface area (Å²) in [7, 11) is 0. The summed E-state index contributed by atoms with van der Waals surface area (Å²) in [5.74, 6) is 0.935. The minimum absolute atomic E-state index is 0.0425. The van der Waals surface area contributed by atoms with Crippen molar-refractivity contribution in [3.05, 3.63) is 35.2 Å². The SMILES string of the molecule is C[C@H]1C[C@@H](C(=O)NCc2nc(-c3cccc(Cl)c3)no2)CCN1. The lowest BCUT2D eigenvalue weighted by Gasteiger charge is -2.26. The Labute approximate surface area is 139 Å². The zero-order valence-electron chi connectivity index (χ0n) is 12.9. The number of hydrogen-bond donors (Lipinski definition) is 2. The normalized spacial score (nSPS) is 21.1. The smallest absolute Gasteiger partial charge is 0.246 e. The van der Waals surface area contributed by atoms with Gasteiger partial charge in [-0.15, -0.1) is 0 Å². The molecule has 1 saturated heterocycles. The molecular formula is C16H19ClN4O2. The first-order valence-electron chi connectivity index (χ1n) is 7.71. The molecule has 2 N–H and O–H groups in total. The highest BCUT2D eigenvalue weighted by atomic mass is 35.5. The molecule has 7 heteroatoms. The first-order chi connectivity index (χ1) is 11.1. The van der Waals surface area contributed by atoms with Crippen LogP contribution in [0.4, 0.5) is 0 Å². The van der Waals surface area contributed by atoms with E-state index in [-0.39, 0.29) is 18.4 Å². The van der Waals surface area contributed by atoms with Crippen LogP contribution < -0.4 is 10.6 Å². The molecular weight excluding hydrogens is 316 g/mol. The molecule has 1 fully saturated rings. The molecule has 0 radical (unpaired) electrons. The highest BCUT2D eigenvalue weighted by molar-refractivity contribution is 6.30. The second kappa shape index (κ2) is 7.10. The Kier molecular flexibility index (Phi) is 4.93. The van der Waals surface area contributed by atoms with Crippen LogP contribution in [0.1, 0.15) is 25.7 Å². The molecule has 0 bridgehead atoms. The molecule has 1 aromatic heterocycles. The Hall–Kier alpha value is -1.92. The molecule has 122 valence electrons. The molecule has 1 aliphatic heterocycles. The number of aromatic nitrogens is 2. The number of hydrogen-bond acceptors (Lipinski definition) is 5. The Bertz CT molecular complexity index is 688. The number of amides is 1. The van der Waals surface area contributed by atoms with Crippen molar-refractivity contribution in [1.82, 2.24) is 20.8 Å². The van der Waals surface area contributed by atoms with Crippen molar-refractivity contribution in [2.75, 3.05) is 6.54 Å². The van der Waals surface area contributed by atoms with E-state index >= 15 is 0 Å². The zero-order valence-corrected chi connectivity index (χ0v) is 13.6. The number of carbonyl (C=O) groups excluding carboxylic acids is 1. The lowest BCUT2D eigenvalue weighted by Crippen LogP contribution is -2.42. The van der Waals surface area contributed by atoms with Gasteiger partial charge in [-0.1, -0.05) is 28.9 Å². The van der Waals surface area contributed by atoms with E-state index in [2.05, 4.69) is 27.7 Å². The molecule has 0 saturated carbocycles. The minimum atomic E-state index is 0.0425. The lowest BCUT2D eigenvalue weighted by molar-refractivity contribution is -0.126. The molecule has 0 spiro atoms. The Balaban J connectivity index is 1.58. The summed E-state index contributed by atoms with van der Waals surface area (Å²) >= 11 is 5.95. The maximum atomic E-state index is 12.2. The summed E-state index contributed by atoms with van der Waals surface area (Å²) in [6.07, 6.45) is 1.71. The topological polar surface area (TPSA) is 80.1 Å². The van der Waals surface area contributed by atoms with Gasteiger partial charge in [-0.05, 0) is 38.4 Å². The van der Waals surface area contributed by atoms with E-state index in [1.54, 1.807) is 12.1 Å². The van der Waals surface area contributed by atoms with Gasteiger partial charge in [0.15, 0.2) is 0 Å². The Morgan fingerprint density at radius 2 is 2.39 bits per heavy atom. The quantitative estimate of drug-likeness (QED) is 0.897. The van der Waals surface area contributed by atoms with Crippen molar-refractivity contribution in [1.29, 1.82) is 0 Å². The number of benzene rings is 1. The van der Waals surface area contributed by atoms with E-state index in [1.807, 2.05) is 12.1 Å². The molecule has 0 unspecified atom stereocenters. The van der Waals surface area contributed by atoms with Crippen LogP contribution in [0.25, 0.3) is 11.4 Å². The molecule has 23 heavy (non-hydrogen) atoms. The van der Waals surface area contributed by atoms with E-state index < -0.39 is 0 Å². The van der Waals surface area contributed by atoms with E-state index in [4.69, 9.17) is 16.1 Å². The Morgan fingerprint density at radius 1 is 1.52 bits per heavy atom. The van der Waals surface area contributed by atoms with Gasteiger partial charge in [0.25, 0.3) is 0 Å².